The zero-order valence-corrected chi connectivity index (χ0v) is 20.1. The summed E-state index contributed by atoms with van der Waals surface area (Å²) in [4.78, 5) is 34.4. The summed E-state index contributed by atoms with van der Waals surface area (Å²) in [6, 6.07) is 17.6. The van der Waals surface area contributed by atoms with Gasteiger partial charge in [-0.15, -0.1) is 0 Å². The Hall–Kier alpha value is -4.13. The minimum atomic E-state index is -0.758. The van der Waals surface area contributed by atoms with Crippen LogP contribution in [0.2, 0.25) is 0 Å². The molecule has 4 rings (SSSR count). The molecule has 2 heterocycles. The van der Waals surface area contributed by atoms with E-state index in [4.69, 9.17) is 4.74 Å². The molecule has 1 atom stereocenters. The summed E-state index contributed by atoms with van der Waals surface area (Å²) < 4.78 is 5.40. The van der Waals surface area contributed by atoms with Gasteiger partial charge >= 0.3 is 0 Å². The first-order chi connectivity index (χ1) is 17.0. The van der Waals surface area contributed by atoms with E-state index in [1.807, 2.05) is 30.3 Å². The summed E-state index contributed by atoms with van der Waals surface area (Å²) >= 11 is 0. The first-order valence-electron chi connectivity index (χ1n) is 11.7. The molecular formula is C28H29N3O4. The Morgan fingerprint density at radius 3 is 2.37 bits per heavy atom. The highest BCUT2D eigenvalue weighted by atomic mass is 16.5. The van der Waals surface area contributed by atoms with Crippen LogP contribution in [0.15, 0.2) is 78.6 Å². The van der Waals surface area contributed by atoms with E-state index in [1.54, 1.807) is 42.7 Å². The fourth-order valence-corrected chi connectivity index (χ4v) is 4.52. The van der Waals surface area contributed by atoms with Crippen LogP contribution in [0.3, 0.4) is 0 Å². The molecule has 3 aromatic rings. The van der Waals surface area contributed by atoms with E-state index in [1.165, 1.54) is 12.0 Å². The maximum atomic E-state index is 13.3. The van der Waals surface area contributed by atoms with Crippen molar-refractivity contribution in [2.75, 3.05) is 25.1 Å². The number of nitrogens with zero attached hydrogens (tertiary/aromatic N) is 3. The number of carbonyl (C=O) groups excluding carboxylic acids is 2. The number of likely N-dealkylation sites (tertiary alicyclic amines) is 1. The van der Waals surface area contributed by atoms with Crippen LogP contribution in [-0.4, -0.2) is 46.9 Å². The van der Waals surface area contributed by atoms with Crippen molar-refractivity contribution in [2.45, 2.75) is 26.4 Å². The maximum Gasteiger partial charge on any atom is 0.295 e. The molecule has 35 heavy (non-hydrogen) atoms. The van der Waals surface area contributed by atoms with Gasteiger partial charge in [-0.05, 0) is 55.3 Å². The van der Waals surface area contributed by atoms with E-state index in [0.717, 1.165) is 29.9 Å². The molecule has 1 amide bonds. The molecule has 1 fully saturated rings. The number of carbonyl (C=O) groups is 2. The molecule has 0 saturated carbocycles. The zero-order chi connectivity index (χ0) is 24.9. The third-order valence-corrected chi connectivity index (χ3v) is 6.32. The fraction of sp³-hybridized carbons (Fsp3) is 0.250. The molecule has 1 aliphatic heterocycles. The normalized spacial score (nSPS) is 17.0. The number of anilines is 1. The van der Waals surface area contributed by atoms with Crippen LogP contribution < -0.4 is 9.64 Å². The Labute approximate surface area is 205 Å². The van der Waals surface area contributed by atoms with Gasteiger partial charge < -0.3 is 19.6 Å². The Bertz CT molecular complexity index is 1230. The quantitative estimate of drug-likeness (QED) is 0.295. The van der Waals surface area contributed by atoms with E-state index < -0.39 is 17.7 Å². The van der Waals surface area contributed by atoms with Crippen LogP contribution in [0.25, 0.3) is 5.76 Å². The van der Waals surface area contributed by atoms with E-state index in [-0.39, 0.29) is 17.9 Å². The minimum Gasteiger partial charge on any atom is -0.507 e. The predicted molar refractivity (Wildman–Crippen MR) is 135 cm³/mol. The van der Waals surface area contributed by atoms with Crippen LogP contribution in [0.4, 0.5) is 5.69 Å². The summed E-state index contributed by atoms with van der Waals surface area (Å²) in [5, 5.41) is 11.3. The van der Waals surface area contributed by atoms with Gasteiger partial charge in [0.15, 0.2) is 0 Å². The number of aliphatic hydroxyl groups excluding tert-OH is 1. The average Bonchev–Trinajstić information content (AvgIpc) is 3.15. The third-order valence-electron chi connectivity index (χ3n) is 6.32. The van der Waals surface area contributed by atoms with Crippen LogP contribution in [-0.2, 0) is 16.1 Å². The largest absolute Gasteiger partial charge is 0.507 e. The van der Waals surface area contributed by atoms with Gasteiger partial charge in [0.25, 0.3) is 11.7 Å². The Kier molecular flexibility index (Phi) is 7.15. The topological polar surface area (TPSA) is 83.0 Å². The highest BCUT2D eigenvalue weighted by molar-refractivity contribution is 6.46. The lowest BCUT2D eigenvalue weighted by molar-refractivity contribution is -0.140. The number of pyridine rings is 1. The van der Waals surface area contributed by atoms with E-state index in [9.17, 15) is 14.7 Å². The molecule has 1 unspecified atom stereocenters. The number of hydrogen-bond donors (Lipinski definition) is 1. The van der Waals surface area contributed by atoms with Gasteiger partial charge in [0.1, 0.15) is 11.5 Å². The van der Waals surface area contributed by atoms with Gasteiger partial charge in [0.2, 0.25) is 0 Å². The summed E-state index contributed by atoms with van der Waals surface area (Å²) in [7, 11) is 1.50. The first kappa shape index (κ1) is 24.0. The van der Waals surface area contributed by atoms with Gasteiger partial charge in [-0.2, -0.15) is 0 Å². The van der Waals surface area contributed by atoms with Crippen LogP contribution >= 0.6 is 0 Å². The smallest absolute Gasteiger partial charge is 0.295 e. The molecule has 180 valence electrons. The molecule has 0 bridgehead atoms. The van der Waals surface area contributed by atoms with Gasteiger partial charge in [0, 0.05) is 37.7 Å². The van der Waals surface area contributed by atoms with E-state index >= 15 is 0 Å². The number of ketones is 1. The predicted octanol–water partition coefficient (Wildman–Crippen LogP) is 4.56. The van der Waals surface area contributed by atoms with E-state index in [0.29, 0.717) is 11.3 Å². The summed E-state index contributed by atoms with van der Waals surface area (Å²) in [5.74, 6) is -1.23. The van der Waals surface area contributed by atoms with Crippen molar-refractivity contribution in [3.05, 3.63) is 95.3 Å². The first-order valence-corrected chi connectivity index (χ1v) is 11.7. The Morgan fingerprint density at radius 2 is 1.74 bits per heavy atom. The second-order valence-electron chi connectivity index (χ2n) is 8.25. The number of ether oxygens (including phenoxy) is 1. The molecule has 7 nitrogen and oxygen atoms in total. The lowest BCUT2D eigenvalue weighted by Gasteiger charge is -2.27. The van der Waals surface area contributed by atoms with Crippen molar-refractivity contribution >= 4 is 23.1 Å². The molecule has 7 heteroatoms. The summed E-state index contributed by atoms with van der Waals surface area (Å²) in [5.41, 5.74) is 2.97. The molecule has 1 aliphatic rings. The highest BCUT2D eigenvalue weighted by Crippen LogP contribution is 2.42. The third kappa shape index (κ3) is 4.62. The number of rotatable bonds is 8. The zero-order valence-electron chi connectivity index (χ0n) is 20.1. The summed E-state index contributed by atoms with van der Waals surface area (Å²) in [6.45, 7) is 6.09. The highest BCUT2D eigenvalue weighted by Gasteiger charge is 2.46. The van der Waals surface area contributed by atoms with Crippen molar-refractivity contribution in [1.29, 1.82) is 0 Å². The van der Waals surface area contributed by atoms with Crippen LogP contribution in [0.1, 0.15) is 36.6 Å². The number of aromatic nitrogens is 1. The number of methoxy groups -OCH3 is 1. The molecule has 2 aromatic carbocycles. The van der Waals surface area contributed by atoms with Crippen molar-refractivity contribution in [1.82, 2.24) is 9.88 Å². The van der Waals surface area contributed by atoms with E-state index in [2.05, 4.69) is 23.7 Å². The van der Waals surface area contributed by atoms with Crippen molar-refractivity contribution in [2.24, 2.45) is 0 Å². The Balaban J connectivity index is 1.86. The van der Waals surface area contributed by atoms with Gasteiger partial charge in [0.05, 0.1) is 24.3 Å². The number of hydrogen-bond acceptors (Lipinski definition) is 6. The second kappa shape index (κ2) is 10.4. The van der Waals surface area contributed by atoms with Crippen LogP contribution in [0, 0.1) is 0 Å². The number of benzene rings is 2. The minimum absolute atomic E-state index is 0.0407. The lowest BCUT2D eigenvalue weighted by Crippen LogP contribution is -2.29. The number of Topliss-reactive ketones (excluding diaryl/α,β-unsaturated/α-hetero) is 1. The molecule has 1 N–H and O–H groups in total. The van der Waals surface area contributed by atoms with Crippen molar-refractivity contribution < 1.29 is 19.4 Å². The standard InChI is InChI=1S/C28H29N3O4/c1-4-30(5-2)21-14-12-20(13-15-21)25-24(26(32)22-10-6-7-11-23(22)35-3)27(33)28(34)31(25)18-19-9-8-16-29-17-19/h6-17,25,32H,4-5,18H2,1-3H3/b26-24-. The Morgan fingerprint density at radius 1 is 1.03 bits per heavy atom. The molecular weight excluding hydrogens is 442 g/mol. The fourth-order valence-electron chi connectivity index (χ4n) is 4.52. The maximum absolute atomic E-state index is 13.3. The molecule has 0 radical (unpaired) electrons. The van der Waals surface area contributed by atoms with Gasteiger partial charge in [-0.25, -0.2) is 0 Å². The van der Waals surface area contributed by atoms with Crippen molar-refractivity contribution in [3.63, 3.8) is 0 Å². The molecule has 0 aliphatic carbocycles. The number of amides is 1. The molecule has 0 spiro atoms. The molecule has 1 saturated heterocycles. The number of para-hydroxylation sites is 1. The summed E-state index contributed by atoms with van der Waals surface area (Å²) in [6.07, 6.45) is 3.32. The van der Waals surface area contributed by atoms with Gasteiger partial charge in [-0.3, -0.25) is 14.6 Å². The van der Waals surface area contributed by atoms with Crippen LogP contribution in [0.5, 0.6) is 5.75 Å². The SMILES string of the molecule is CCN(CC)c1ccc(C2/C(=C(/O)c3ccccc3OC)C(=O)C(=O)N2Cc2cccnc2)cc1. The van der Waals surface area contributed by atoms with Crippen molar-refractivity contribution in [3.8, 4) is 5.75 Å². The number of aliphatic hydroxyl groups is 1. The molecule has 1 aromatic heterocycles. The lowest BCUT2D eigenvalue weighted by atomic mass is 9.94. The average molecular weight is 472 g/mol. The monoisotopic (exact) mass is 471 g/mol. The van der Waals surface area contributed by atoms with Gasteiger partial charge in [-0.1, -0.05) is 30.3 Å². The second-order valence-corrected chi connectivity index (χ2v) is 8.25.